The minimum Gasteiger partial charge on any atom is -0.396 e. The summed E-state index contributed by atoms with van der Waals surface area (Å²) in [6.07, 6.45) is 4.25. The fourth-order valence-electron chi connectivity index (χ4n) is 0.966. The van der Waals surface area contributed by atoms with Gasteiger partial charge in [-0.15, -0.1) is 0 Å². The highest BCUT2D eigenvalue weighted by Gasteiger charge is 1.99. The number of nitrogens with zero attached hydrogens (tertiary/aromatic N) is 3. The van der Waals surface area contributed by atoms with E-state index in [1.165, 1.54) is 23.0 Å². The molecule has 5 heteroatoms. The molecule has 0 unspecified atom stereocenters. The van der Waals surface area contributed by atoms with E-state index in [4.69, 9.17) is 5.73 Å². The zero-order valence-electron chi connectivity index (χ0n) is 6.68. The maximum atomic E-state index is 12.5. The molecule has 2 N–H and O–H groups in total. The van der Waals surface area contributed by atoms with Gasteiger partial charge in [0.1, 0.15) is 5.82 Å². The quantitative estimate of drug-likeness (QED) is 0.708. The van der Waals surface area contributed by atoms with Crippen LogP contribution in [0.15, 0.2) is 30.7 Å². The lowest BCUT2D eigenvalue weighted by molar-refractivity contribution is 0.619. The SMILES string of the molecule is Nc1cnn(-c2ccc(F)cn2)c1. The van der Waals surface area contributed by atoms with Crippen LogP contribution in [-0.4, -0.2) is 14.8 Å². The third-order valence-electron chi connectivity index (χ3n) is 1.55. The lowest BCUT2D eigenvalue weighted by Crippen LogP contribution is -1.97. The predicted octanol–water partition coefficient (Wildman–Crippen LogP) is 0.989. The Balaban J connectivity index is 2.41. The zero-order valence-corrected chi connectivity index (χ0v) is 6.68. The maximum absolute atomic E-state index is 12.5. The van der Waals surface area contributed by atoms with E-state index in [2.05, 4.69) is 10.1 Å². The first-order valence-electron chi connectivity index (χ1n) is 3.68. The molecule has 66 valence electrons. The molecule has 2 aromatic heterocycles. The smallest absolute Gasteiger partial charge is 0.153 e. The van der Waals surface area contributed by atoms with Crippen LogP contribution in [0.4, 0.5) is 10.1 Å². The van der Waals surface area contributed by atoms with Crippen LogP contribution in [0.2, 0.25) is 0 Å². The van der Waals surface area contributed by atoms with Crippen molar-refractivity contribution in [1.29, 1.82) is 0 Å². The number of hydrogen-bond donors (Lipinski definition) is 1. The van der Waals surface area contributed by atoms with Crippen LogP contribution >= 0.6 is 0 Å². The molecule has 13 heavy (non-hydrogen) atoms. The van der Waals surface area contributed by atoms with E-state index < -0.39 is 0 Å². The van der Waals surface area contributed by atoms with Crippen LogP contribution in [0.1, 0.15) is 0 Å². The van der Waals surface area contributed by atoms with Gasteiger partial charge in [0.05, 0.1) is 24.3 Å². The van der Waals surface area contributed by atoms with E-state index in [0.717, 1.165) is 6.20 Å². The molecule has 0 aliphatic heterocycles. The number of anilines is 1. The molecule has 0 aliphatic rings. The molecule has 2 aromatic rings. The van der Waals surface area contributed by atoms with Crippen molar-refractivity contribution in [2.24, 2.45) is 0 Å². The van der Waals surface area contributed by atoms with Gasteiger partial charge in [0.25, 0.3) is 0 Å². The molecular formula is C8H7FN4. The molecule has 2 heterocycles. The van der Waals surface area contributed by atoms with E-state index in [9.17, 15) is 4.39 Å². The van der Waals surface area contributed by atoms with E-state index in [1.807, 2.05) is 0 Å². The van der Waals surface area contributed by atoms with Crippen LogP contribution in [0.3, 0.4) is 0 Å². The van der Waals surface area contributed by atoms with Gasteiger partial charge in [-0.1, -0.05) is 0 Å². The second kappa shape index (κ2) is 2.85. The Bertz CT molecular complexity index is 406. The van der Waals surface area contributed by atoms with Crippen molar-refractivity contribution >= 4 is 5.69 Å². The summed E-state index contributed by atoms with van der Waals surface area (Å²) in [6, 6.07) is 2.85. The number of hydrogen-bond acceptors (Lipinski definition) is 3. The molecule has 0 aliphatic carbocycles. The number of nitrogen functional groups attached to an aromatic ring is 1. The molecule has 0 spiro atoms. The summed E-state index contributed by atoms with van der Waals surface area (Å²) >= 11 is 0. The van der Waals surface area contributed by atoms with E-state index in [-0.39, 0.29) is 5.82 Å². The van der Waals surface area contributed by atoms with Gasteiger partial charge in [0, 0.05) is 0 Å². The lowest BCUT2D eigenvalue weighted by atomic mass is 10.4. The molecule has 0 atom stereocenters. The molecule has 0 saturated heterocycles. The minimum absolute atomic E-state index is 0.371. The largest absolute Gasteiger partial charge is 0.396 e. The predicted molar refractivity (Wildman–Crippen MR) is 45.7 cm³/mol. The summed E-state index contributed by atoms with van der Waals surface area (Å²) in [4.78, 5) is 3.83. The first-order chi connectivity index (χ1) is 6.25. The maximum Gasteiger partial charge on any atom is 0.153 e. The van der Waals surface area contributed by atoms with Crippen molar-refractivity contribution in [3.8, 4) is 5.82 Å². The molecule has 0 saturated carbocycles. The van der Waals surface area contributed by atoms with E-state index >= 15 is 0 Å². The van der Waals surface area contributed by atoms with Crippen LogP contribution in [-0.2, 0) is 0 Å². The van der Waals surface area contributed by atoms with E-state index in [0.29, 0.717) is 11.5 Å². The molecule has 4 nitrogen and oxygen atoms in total. The first-order valence-corrected chi connectivity index (χ1v) is 3.68. The summed E-state index contributed by atoms with van der Waals surface area (Å²) in [5.41, 5.74) is 6.01. The highest BCUT2D eigenvalue weighted by atomic mass is 19.1. The van der Waals surface area contributed by atoms with Gasteiger partial charge >= 0.3 is 0 Å². The monoisotopic (exact) mass is 178 g/mol. The Morgan fingerprint density at radius 1 is 1.31 bits per heavy atom. The van der Waals surface area contributed by atoms with Crippen molar-refractivity contribution in [3.05, 3.63) is 36.5 Å². The van der Waals surface area contributed by atoms with Crippen molar-refractivity contribution in [2.75, 3.05) is 5.73 Å². The summed E-state index contributed by atoms with van der Waals surface area (Å²) in [5, 5.41) is 3.92. The standard InChI is InChI=1S/C8H7FN4/c9-6-1-2-8(11-3-6)13-5-7(10)4-12-13/h1-5H,10H2. The third kappa shape index (κ3) is 1.48. The van der Waals surface area contributed by atoms with Gasteiger partial charge in [-0.2, -0.15) is 5.10 Å². The number of pyridine rings is 1. The van der Waals surface area contributed by atoms with Gasteiger partial charge in [0.2, 0.25) is 0 Å². The van der Waals surface area contributed by atoms with Crippen LogP contribution in [0.5, 0.6) is 0 Å². The van der Waals surface area contributed by atoms with E-state index in [1.54, 1.807) is 6.20 Å². The normalized spacial score (nSPS) is 10.2. The lowest BCUT2D eigenvalue weighted by Gasteiger charge is -1.97. The highest BCUT2D eigenvalue weighted by Crippen LogP contribution is 2.06. The second-order valence-electron chi connectivity index (χ2n) is 2.55. The Hall–Kier alpha value is -1.91. The van der Waals surface area contributed by atoms with Gasteiger partial charge in [-0.25, -0.2) is 14.1 Å². The van der Waals surface area contributed by atoms with Gasteiger partial charge in [-0.3, -0.25) is 0 Å². The molecular weight excluding hydrogens is 171 g/mol. The Morgan fingerprint density at radius 2 is 2.15 bits per heavy atom. The van der Waals surface area contributed by atoms with Crippen LogP contribution in [0, 0.1) is 5.82 Å². The van der Waals surface area contributed by atoms with Gasteiger partial charge < -0.3 is 5.73 Å². The van der Waals surface area contributed by atoms with Crippen molar-refractivity contribution < 1.29 is 4.39 Å². The Morgan fingerprint density at radius 3 is 2.69 bits per heavy atom. The van der Waals surface area contributed by atoms with Crippen LogP contribution in [0.25, 0.3) is 5.82 Å². The summed E-state index contributed by atoms with van der Waals surface area (Å²) in [6.45, 7) is 0. The molecule has 0 amide bonds. The second-order valence-corrected chi connectivity index (χ2v) is 2.55. The molecule has 0 fully saturated rings. The first kappa shape index (κ1) is 7.72. The average Bonchev–Trinajstić information content (AvgIpc) is 2.53. The molecule has 0 radical (unpaired) electrons. The molecule has 2 rings (SSSR count). The number of rotatable bonds is 1. The Kier molecular flexibility index (Phi) is 1.70. The summed E-state index contributed by atoms with van der Waals surface area (Å²) in [7, 11) is 0. The van der Waals surface area contributed by atoms with Crippen molar-refractivity contribution in [2.45, 2.75) is 0 Å². The Labute approximate surface area is 73.8 Å². The third-order valence-corrected chi connectivity index (χ3v) is 1.55. The number of halogens is 1. The minimum atomic E-state index is -0.371. The fourth-order valence-corrected chi connectivity index (χ4v) is 0.966. The molecule has 0 aromatic carbocycles. The van der Waals surface area contributed by atoms with Crippen LogP contribution < -0.4 is 5.73 Å². The number of aromatic nitrogens is 3. The molecule has 0 bridgehead atoms. The van der Waals surface area contributed by atoms with Gasteiger partial charge in [-0.05, 0) is 12.1 Å². The topological polar surface area (TPSA) is 56.7 Å². The van der Waals surface area contributed by atoms with Crippen molar-refractivity contribution in [1.82, 2.24) is 14.8 Å². The average molecular weight is 178 g/mol. The van der Waals surface area contributed by atoms with Crippen molar-refractivity contribution in [3.63, 3.8) is 0 Å². The zero-order chi connectivity index (χ0) is 9.26. The summed E-state index contributed by atoms with van der Waals surface area (Å²) < 4.78 is 14.0. The summed E-state index contributed by atoms with van der Waals surface area (Å²) in [5.74, 6) is 0.168. The number of nitrogens with two attached hydrogens (primary N) is 1. The van der Waals surface area contributed by atoms with Gasteiger partial charge in [0.15, 0.2) is 5.82 Å². The fraction of sp³-hybridized carbons (Fsp3) is 0. The highest BCUT2D eigenvalue weighted by molar-refractivity contribution is 5.34.